The van der Waals surface area contributed by atoms with E-state index in [4.69, 9.17) is 9.47 Å². The number of aliphatic carboxylic acids is 1. The van der Waals surface area contributed by atoms with E-state index in [9.17, 15) is 9.90 Å². The van der Waals surface area contributed by atoms with Gasteiger partial charge in [-0.15, -0.1) is 0 Å². The molecule has 2 aliphatic heterocycles. The van der Waals surface area contributed by atoms with Crippen LogP contribution in [0.15, 0.2) is 60.7 Å². The molecule has 0 saturated carbocycles. The Morgan fingerprint density at radius 3 is 2.59 bits per heavy atom. The minimum atomic E-state index is -0.711. The first-order valence-electron chi connectivity index (χ1n) is 10.0. The quantitative estimate of drug-likeness (QED) is 0.714. The normalized spacial score (nSPS) is 19.9. The number of benzene rings is 3. The zero-order valence-corrected chi connectivity index (χ0v) is 16.1. The zero-order valence-electron chi connectivity index (χ0n) is 16.1. The number of fused-ring (bicyclic) bond motifs is 2. The summed E-state index contributed by atoms with van der Waals surface area (Å²) in [4.78, 5) is 14.0. The van der Waals surface area contributed by atoms with Gasteiger partial charge in [0.1, 0.15) is 0 Å². The highest BCUT2D eigenvalue weighted by Crippen LogP contribution is 2.39. The lowest BCUT2D eigenvalue weighted by atomic mass is 9.90. The van der Waals surface area contributed by atoms with Crippen molar-refractivity contribution >= 4 is 16.7 Å². The van der Waals surface area contributed by atoms with E-state index in [-0.39, 0.29) is 18.8 Å². The lowest BCUT2D eigenvalue weighted by Crippen LogP contribution is -2.41. The summed E-state index contributed by atoms with van der Waals surface area (Å²) in [6.45, 7) is 1.65. The van der Waals surface area contributed by atoms with Crippen molar-refractivity contribution in [2.24, 2.45) is 5.92 Å². The predicted octanol–water partition coefficient (Wildman–Crippen LogP) is 4.45. The number of hydrogen-bond acceptors (Lipinski definition) is 4. The molecule has 2 atom stereocenters. The van der Waals surface area contributed by atoms with Crippen LogP contribution in [-0.4, -0.2) is 35.9 Å². The lowest BCUT2D eigenvalue weighted by Gasteiger charge is -2.37. The Bertz CT molecular complexity index is 1060. The first kappa shape index (κ1) is 18.0. The molecule has 0 aromatic heterocycles. The number of rotatable bonds is 4. The van der Waals surface area contributed by atoms with E-state index in [0.29, 0.717) is 6.54 Å². The van der Waals surface area contributed by atoms with Crippen LogP contribution < -0.4 is 9.47 Å². The Labute approximate surface area is 169 Å². The predicted molar refractivity (Wildman–Crippen MR) is 110 cm³/mol. The summed E-state index contributed by atoms with van der Waals surface area (Å²) in [5.41, 5.74) is 2.25. The van der Waals surface area contributed by atoms with Crippen LogP contribution in [0, 0.1) is 5.92 Å². The molecule has 0 spiro atoms. The number of nitrogens with zero attached hydrogens (tertiary/aromatic N) is 1. The largest absolute Gasteiger partial charge is 0.481 e. The van der Waals surface area contributed by atoms with E-state index in [0.717, 1.165) is 42.0 Å². The number of likely N-dealkylation sites (tertiary alicyclic amines) is 1. The zero-order chi connectivity index (χ0) is 19.8. The van der Waals surface area contributed by atoms with Crippen LogP contribution >= 0.6 is 0 Å². The summed E-state index contributed by atoms with van der Waals surface area (Å²) in [7, 11) is 0. The van der Waals surface area contributed by atoms with E-state index >= 15 is 0 Å². The van der Waals surface area contributed by atoms with Gasteiger partial charge in [0.05, 0.1) is 12.0 Å². The molecule has 0 aliphatic carbocycles. The molecular formula is C24H23NO4. The van der Waals surface area contributed by atoms with Crippen LogP contribution in [0.5, 0.6) is 11.5 Å². The molecular weight excluding hydrogens is 366 g/mol. The summed E-state index contributed by atoms with van der Waals surface area (Å²) in [5, 5.41) is 12.0. The molecule has 3 aromatic carbocycles. The van der Waals surface area contributed by atoms with Crippen molar-refractivity contribution in [1.82, 2.24) is 4.90 Å². The summed E-state index contributed by atoms with van der Waals surface area (Å²) < 4.78 is 11.1. The molecule has 0 radical (unpaired) electrons. The maximum Gasteiger partial charge on any atom is 0.307 e. The smallest absolute Gasteiger partial charge is 0.307 e. The van der Waals surface area contributed by atoms with Crippen molar-refractivity contribution in [2.75, 3.05) is 19.9 Å². The Morgan fingerprint density at radius 2 is 1.72 bits per heavy atom. The van der Waals surface area contributed by atoms with Crippen molar-refractivity contribution in [3.63, 3.8) is 0 Å². The number of ether oxygens (including phenoxy) is 2. The topological polar surface area (TPSA) is 59.0 Å². The van der Waals surface area contributed by atoms with Gasteiger partial charge in [-0.1, -0.05) is 42.5 Å². The molecule has 5 nitrogen and oxygen atoms in total. The molecule has 5 heteroatoms. The van der Waals surface area contributed by atoms with Crippen molar-refractivity contribution in [3.05, 3.63) is 71.8 Å². The van der Waals surface area contributed by atoms with Crippen LogP contribution in [0.3, 0.4) is 0 Å². The molecule has 1 fully saturated rings. The van der Waals surface area contributed by atoms with Crippen LogP contribution in [-0.2, 0) is 4.79 Å². The monoisotopic (exact) mass is 389 g/mol. The second kappa shape index (κ2) is 7.41. The molecule has 2 unspecified atom stereocenters. The highest BCUT2D eigenvalue weighted by atomic mass is 16.7. The van der Waals surface area contributed by atoms with Crippen molar-refractivity contribution in [3.8, 4) is 11.5 Å². The van der Waals surface area contributed by atoms with Gasteiger partial charge >= 0.3 is 5.97 Å². The lowest BCUT2D eigenvalue weighted by molar-refractivity contribution is -0.143. The third-order valence-corrected chi connectivity index (χ3v) is 5.97. The van der Waals surface area contributed by atoms with Crippen molar-refractivity contribution < 1.29 is 19.4 Å². The van der Waals surface area contributed by atoms with E-state index in [2.05, 4.69) is 41.3 Å². The molecule has 148 valence electrons. The van der Waals surface area contributed by atoms with E-state index in [1.807, 2.05) is 24.3 Å². The van der Waals surface area contributed by atoms with E-state index in [1.165, 1.54) is 10.8 Å². The fourth-order valence-electron chi connectivity index (χ4n) is 4.52. The van der Waals surface area contributed by atoms with E-state index < -0.39 is 5.97 Å². The first-order chi connectivity index (χ1) is 14.2. The Kier molecular flexibility index (Phi) is 4.60. The summed E-state index contributed by atoms with van der Waals surface area (Å²) in [6.07, 6.45) is 1.61. The molecule has 5 rings (SSSR count). The van der Waals surface area contributed by atoms with E-state index in [1.54, 1.807) is 0 Å². The third-order valence-electron chi connectivity index (χ3n) is 5.97. The Morgan fingerprint density at radius 1 is 0.966 bits per heavy atom. The summed E-state index contributed by atoms with van der Waals surface area (Å²) >= 11 is 0. The Hall–Kier alpha value is -3.05. The fourth-order valence-corrected chi connectivity index (χ4v) is 4.52. The second-order valence-electron chi connectivity index (χ2n) is 7.79. The number of carbonyl (C=O) groups is 1. The minimum Gasteiger partial charge on any atom is -0.481 e. The van der Waals surface area contributed by atoms with Gasteiger partial charge in [0.25, 0.3) is 0 Å². The molecule has 1 saturated heterocycles. The van der Waals surface area contributed by atoms with Gasteiger partial charge in [0, 0.05) is 6.54 Å². The van der Waals surface area contributed by atoms with Gasteiger partial charge < -0.3 is 14.6 Å². The SMILES string of the molecule is O=C(O)C1CCCN(C(c2ccc3c(c2)OCO3)c2ccc3ccccc3c2)C1. The molecule has 29 heavy (non-hydrogen) atoms. The maximum absolute atomic E-state index is 11.7. The van der Waals surface area contributed by atoms with Gasteiger partial charge in [-0.2, -0.15) is 0 Å². The molecule has 3 aromatic rings. The van der Waals surface area contributed by atoms with Gasteiger partial charge in [0.15, 0.2) is 11.5 Å². The average Bonchev–Trinajstić information content (AvgIpc) is 3.22. The van der Waals surface area contributed by atoms with Crippen molar-refractivity contribution in [2.45, 2.75) is 18.9 Å². The standard InChI is InChI=1S/C24H23NO4/c26-24(27)20-6-3-11-25(14-20)23(19-9-10-21-22(13-19)29-15-28-21)18-8-7-16-4-1-2-5-17(16)12-18/h1-2,4-5,7-10,12-13,20,23H,3,6,11,14-15H2,(H,26,27). The van der Waals surface area contributed by atoms with Crippen LogP contribution in [0.1, 0.15) is 30.0 Å². The highest BCUT2D eigenvalue weighted by Gasteiger charge is 2.32. The number of hydrogen-bond donors (Lipinski definition) is 1. The van der Waals surface area contributed by atoms with Gasteiger partial charge in [-0.05, 0) is 59.5 Å². The minimum absolute atomic E-state index is 0.0312. The summed E-state index contributed by atoms with van der Waals surface area (Å²) in [6, 6.07) is 20.8. The molecule has 2 aliphatic rings. The van der Waals surface area contributed by atoms with Crippen molar-refractivity contribution in [1.29, 1.82) is 0 Å². The molecule has 2 heterocycles. The number of piperidine rings is 1. The van der Waals surface area contributed by atoms with Gasteiger partial charge in [-0.25, -0.2) is 0 Å². The van der Waals surface area contributed by atoms with Gasteiger partial charge in [0.2, 0.25) is 6.79 Å². The van der Waals surface area contributed by atoms with Crippen LogP contribution in [0.4, 0.5) is 0 Å². The maximum atomic E-state index is 11.7. The van der Waals surface area contributed by atoms with Crippen LogP contribution in [0.25, 0.3) is 10.8 Å². The first-order valence-corrected chi connectivity index (χ1v) is 10.0. The average molecular weight is 389 g/mol. The molecule has 1 N–H and O–H groups in total. The Balaban J connectivity index is 1.59. The third kappa shape index (κ3) is 3.42. The highest BCUT2D eigenvalue weighted by molar-refractivity contribution is 5.83. The number of carboxylic acids is 1. The summed E-state index contributed by atoms with van der Waals surface area (Å²) in [5.74, 6) is 0.464. The second-order valence-corrected chi connectivity index (χ2v) is 7.79. The number of carboxylic acid groups (broad SMARTS) is 1. The fraction of sp³-hybridized carbons (Fsp3) is 0.292. The molecule has 0 amide bonds. The molecule has 0 bridgehead atoms. The van der Waals surface area contributed by atoms with Crippen LogP contribution in [0.2, 0.25) is 0 Å². The van der Waals surface area contributed by atoms with Gasteiger partial charge in [-0.3, -0.25) is 9.69 Å².